The van der Waals surface area contributed by atoms with Crippen LogP contribution in [0.2, 0.25) is 0 Å². The lowest BCUT2D eigenvalue weighted by atomic mass is 10.0. The van der Waals surface area contributed by atoms with E-state index in [4.69, 9.17) is 10.5 Å². The fraction of sp³-hybridized carbons (Fsp3) is 0.333. The Kier molecular flexibility index (Phi) is 5.71. The van der Waals surface area contributed by atoms with Gasteiger partial charge in [-0.1, -0.05) is 18.2 Å². The van der Waals surface area contributed by atoms with Crippen LogP contribution in [0.3, 0.4) is 0 Å². The highest BCUT2D eigenvalue weighted by Crippen LogP contribution is 2.24. The Labute approximate surface area is 140 Å². The fourth-order valence-corrected chi connectivity index (χ4v) is 3.51. The van der Waals surface area contributed by atoms with Crippen LogP contribution in [0, 0.1) is 0 Å². The molecule has 0 unspecified atom stereocenters. The molecule has 1 atom stereocenters. The molecule has 0 aliphatic carbocycles. The van der Waals surface area contributed by atoms with Gasteiger partial charge in [-0.15, -0.1) is 0 Å². The second-order valence-electron chi connectivity index (χ2n) is 5.15. The van der Waals surface area contributed by atoms with E-state index >= 15 is 0 Å². The molecule has 1 aromatic rings. The van der Waals surface area contributed by atoms with Crippen molar-refractivity contribution < 1.29 is 22.7 Å². The summed E-state index contributed by atoms with van der Waals surface area (Å²) < 4.78 is 30.8. The monoisotopic (exact) mass is 353 g/mol. The topological polar surface area (TPSA) is 128 Å². The first-order valence-electron chi connectivity index (χ1n) is 7.24. The summed E-state index contributed by atoms with van der Waals surface area (Å²) in [6, 6.07) is 4.42. The minimum Gasteiger partial charge on any atom is -0.371 e. The number of ether oxygens (including phenoxy) is 1. The molecule has 0 spiro atoms. The van der Waals surface area contributed by atoms with E-state index in [9.17, 15) is 18.0 Å². The van der Waals surface area contributed by atoms with Crippen molar-refractivity contribution in [3.63, 3.8) is 0 Å². The van der Waals surface area contributed by atoms with Crippen LogP contribution < -0.4 is 15.8 Å². The van der Waals surface area contributed by atoms with Crippen LogP contribution in [-0.2, 0) is 26.0 Å². The Morgan fingerprint density at radius 2 is 2.17 bits per heavy atom. The zero-order valence-corrected chi connectivity index (χ0v) is 13.9. The van der Waals surface area contributed by atoms with E-state index in [1.807, 2.05) is 4.72 Å². The first kappa shape index (κ1) is 18.1. The van der Waals surface area contributed by atoms with Gasteiger partial charge < -0.3 is 15.8 Å². The van der Waals surface area contributed by atoms with Gasteiger partial charge >= 0.3 is 0 Å². The Morgan fingerprint density at radius 3 is 2.83 bits per heavy atom. The van der Waals surface area contributed by atoms with Crippen LogP contribution in [0.15, 0.2) is 35.2 Å². The van der Waals surface area contributed by atoms with Crippen LogP contribution in [0.5, 0.6) is 0 Å². The maximum absolute atomic E-state index is 12.1. The minimum atomic E-state index is -3.82. The number of fused-ring (bicyclic) bond motifs is 1. The van der Waals surface area contributed by atoms with Crippen molar-refractivity contribution in [3.8, 4) is 0 Å². The van der Waals surface area contributed by atoms with Crippen molar-refractivity contribution in [2.75, 3.05) is 20.2 Å². The van der Waals surface area contributed by atoms with Crippen molar-refractivity contribution >= 4 is 21.8 Å². The van der Waals surface area contributed by atoms with Crippen LogP contribution in [0.4, 0.5) is 0 Å². The second kappa shape index (κ2) is 7.56. The van der Waals surface area contributed by atoms with Gasteiger partial charge in [-0.3, -0.25) is 9.59 Å². The Balaban J connectivity index is 2.11. The maximum Gasteiger partial charge on any atom is 0.266 e. The SMILES string of the molecule is CO[C@@H](Cc1ccc2c(c1)S(=O)(=O)NC2=O)C(=O)NC/C=C/CN. The summed E-state index contributed by atoms with van der Waals surface area (Å²) in [5.41, 5.74) is 5.99. The lowest BCUT2D eigenvalue weighted by Crippen LogP contribution is -2.37. The molecule has 0 radical (unpaired) electrons. The molecule has 0 saturated heterocycles. The smallest absolute Gasteiger partial charge is 0.266 e. The Morgan fingerprint density at radius 1 is 1.42 bits per heavy atom. The number of carbonyl (C=O) groups is 2. The predicted octanol–water partition coefficient (Wildman–Crippen LogP) is -0.693. The largest absolute Gasteiger partial charge is 0.371 e. The third kappa shape index (κ3) is 3.99. The fourth-order valence-electron chi connectivity index (χ4n) is 2.29. The minimum absolute atomic E-state index is 0.0776. The number of rotatable bonds is 7. The summed E-state index contributed by atoms with van der Waals surface area (Å²) in [5, 5.41) is 2.67. The van der Waals surface area contributed by atoms with E-state index in [0.717, 1.165) is 0 Å². The normalized spacial score (nSPS) is 16.7. The highest BCUT2D eigenvalue weighted by molar-refractivity contribution is 7.90. The molecule has 0 saturated carbocycles. The number of amides is 2. The van der Waals surface area contributed by atoms with E-state index < -0.39 is 22.0 Å². The number of methoxy groups -OCH3 is 1. The molecule has 0 bridgehead atoms. The van der Waals surface area contributed by atoms with Crippen LogP contribution in [0.1, 0.15) is 15.9 Å². The van der Waals surface area contributed by atoms with Gasteiger partial charge in [0, 0.05) is 26.6 Å². The number of hydrogen-bond acceptors (Lipinski definition) is 6. The van der Waals surface area contributed by atoms with E-state index in [0.29, 0.717) is 18.7 Å². The first-order valence-corrected chi connectivity index (χ1v) is 8.73. The highest BCUT2D eigenvalue weighted by Gasteiger charge is 2.32. The van der Waals surface area contributed by atoms with Gasteiger partial charge in [0.15, 0.2) is 0 Å². The molecule has 24 heavy (non-hydrogen) atoms. The summed E-state index contributed by atoms with van der Waals surface area (Å²) in [6.45, 7) is 0.715. The molecule has 1 aromatic carbocycles. The van der Waals surface area contributed by atoms with Crippen molar-refractivity contribution in [1.82, 2.24) is 10.0 Å². The van der Waals surface area contributed by atoms with Crippen molar-refractivity contribution in [3.05, 3.63) is 41.5 Å². The average molecular weight is 353 g/mol. The zero-order valence-electron chi connectivity index (χ0n) is 13.1. The van der Waals surface area contributed by atoms with Crippen LogP contribution in [0.25, 0.3) is 0 Å². The van der Waals surface area contributed by atoms with Gasteiger partial charge in [-0.2, -0.15) is 0 Å². The summed E-state index contributed by atoms with van der Waals surface area (Å²) in [5.74, 6) is -0.971. The van der Waals surface area contributed by atoms with Crippen molar-refractivity contribution in [1.29, 1.82) is 0 Å². The van der Waals surface area contributed by atoms with Crippen molar-refractivity contribution in [2.45, 2.75) is 17.4 Å². The van der Waals surface area contributed by atoms with Gasteiger partial charge in [0.25, 0.3) is 15.9 Å². The maximum atomic E-state index is 12.1. The standard InChI is InChI=1S/C15H19N3O5S/c1-23-12(15(20)17-7-3-2-6-16)8-10-4-5-11-13(9-10)24(21,22)18-14(11)19/h2-5,9,12H,6-8,16H2,1H3,(H,17,20)(H,18,19)/b3-2+/t12-/m0/s1. The molecule has 1 heterocycles. The average Bonchev–Trinajstić information content (AvgIpc) is 2.78. The van der Waals surface area contributed by atoms with E-state index in [-0.39, 0.29) is 22.8 Å². The molecule has 2 amide bonds. The summed E-state index contributed by atoms with van der Waals surface area (Å²) in [7, 11) is -2.42. The summed E-state index contributed by atoms with van der Waals surface area (Å²) in [4.78, 5) is 23.5. The molecule has 4 N–H and O–H groups in total. The molecule has 0 fully saturated rings. The van der Waals surface area contributed by atoms with E-state index in [1.165, 1.54) is 19.2 Å². The molecular formula is C15H19N3O5S. The van der Waals surface area contributed by atoms with Gasteiger partial charge in [0.1, 0.15) is 11.0 Å². The number of carbonyl (C=O) groups excluding carboxylic acids is 2. The lowest BCUT2D eigenvalue weighted by molar-refractivity contribution is -0.130. The van der Waals surface area contributed by atoms with Gasteiger partial charge in [0.05, 0.1) is 5.56 Å². The molecule has 130 valence electrons. The number of benzene rings is 1. The van der Waals surface area contributed by atoms with Gasteiger partial charge in [-0.25, -0.2) is 13.1 Å². The molecule has 0 aromatic heterocycles. The third-order valence-corrected chi connectivity index (χ3v) is 4.87. The predicted molar refractivity (Wildman–Crippen MR) is 86.8 cm³/mol. The number of sulfonamides is 1. The third-order valence-electron chi connectivity index (χ3n) is 3.50. The van der Waals surface area contributed by atoms with Gasteiger partial charge in [-0.05, 0) is 17.7 Å². The lowest BCUT2D eigenvalue weighted by Gasteiger charge is -2.15. The zero-order chi connectivity index (χ0) is 17.7. The summed E-state index contributed by atoms with van der Waals surface area (Å²) >= 11 is 0. The Hall–Kier alpha value is -2.23. The van der Waals surface area contributed by atoms with Gasteiger partial charge in [0.2, 0.25) is 5.91 Å². The number of nitrogens with one attached hydrogen (secondary N) is 2. The molecule has 2 rings (SSSR count). The molecule has 1 aliphatic heterocycles. The Bertz CT molecular complexity index is 773. The highest BCUT2D eigenvalue weighted by atomic mass is 32.2. The second-order valence-corrected chi connectivity index (χ2v) is 6.80. The molecular weight excluding hydrogens is 334 g/mol. The first-order chi connectivity index (χ1) is 11.4. The van der Waals surface area contributed by atoms with Crippen LogP contribution >= 0.6 is 0 Å². The molecule has 8 nitrogen and oxygen atoms in total. The number of hydrogen-bond donors (Lipinski definition) is 3. The van der Waals surface area contributed by atoms with E-state index in [2.05, 4.69) is 5.32 Å². The summed E-state index contributed by atoms with van der Waals surface area (Å²) in [6.07, 6.45) is 2.85. The van der Waals surface area contributed by atoms with E-state index in [1.54, 1.807) is 18.2 Å². The molecule has 9 heteroatoms. The number of nitrogens with two attached hydrogens (primary N) is 1. The molecule has 1 aliphatic rings. The van der Waals surface area contributed by atoms with Crippen molar-refractivity contribution in [2.24, 2.45) is 5.73 Å². The van der Waals surface area contributed by atoms with Crippen LogP contribution in [-0.4, -0.2) is 46.5 Å². The quantitative estimate of drug-likeness (QED) is 0.557.